The molecule has 0 aliphatic rings. The Balaban J connectivity index is 3.32. The predicted octanol–water partition coefficient (Wildman–Crippen LogP) is 0.0379. The molecule has 0 heterocycles. The van der Waals surface area contributed by atoms with Gasteiger partial charge in [0, 0.05) is 6.54 Å². The number of aliphatic hydroxyl groups is 1. The minimum absolute atomic E-state index is 0.253. The van der Waals surface area contributed by atoms with E-state index in [-0.39, 0.29) is 6.10 Å². The Morgan fingerprint density at radius 3 is 2.64 bits per heavy atom. The summed E-state index contributed by atoms with van der Waals surface area (Å²) in [5.41, 5.74) is 5.30. The minimum atomic E-state index is -0.253. The van der Waals surface area contributed by atoms with Crippen LogP contribution in [-0.2, 0) is 0 Å². The van der Waals surface area contributed by atoms with Crippen LogP contribution in [0, 0.1) is 0 Å². The molecular weight excluding hydrogens is 140 g/mol. The van der Waals surface area contributed by atoms with Crippen molar-refractivity contribution < 1.29 is 5.11 Å². The predicted molar refractivity (Wildman–Crippen MR) is 47.5 cm³/mol. The van der Waals surface area contributed by atoms with E-state index in [4.69, 9.17) is 5.73 Å². The molecule has 0 saturated heterocycles. The molecule has 3 N–H and O–H groups in total. The van der Waals surface area contributed by atoms with Gasteiger partial charge in [0.2, 0.25) is 0 Å². The van der Waals surface area contributed by atoms with Crippen molar-refractivity contribution in [2.24, 2.45) is 5.73 Å². The molecule has 1 unspecified atom stereocenters. The normalized spacial score (nSPS) is 13.9. The molecule has 0 aliphatic heterocycles. The molecule has 0 fully saturated rings. The summed E-state index contributed by atoms with van der Waals surface area (Å²) in [4.78, 5) is 2.13. The van der Waals surface area contributed by atoms with E-state index in [2.05, 4.69) is 11.8 Å². The van der Waals surface area contributed by atoms with Crippen molar-refractivity contribution in [3.8, 4) is 0 Å². The van der Waals surface area contributed by atoms with Gasteiger partial charge in [-0.2, -0.15) is 0 Å². The SMILES string of the molecule is CCCN(C)CC(O)CCN. The summed E-state index contributed by atoms with van der Waals surface area (Å²) in [5.74, 6) is 0. The smallest absolute Gasteiger partial charge is 0.0679 e. The molecule has 11 heavy (non-hydrogen) atoms. The second-order valence-corrected chi connectivity index (χ2v) is 2.99. The first-order valence-corrected chi connectivity index (χ1v) is 4.27. The summed E-state index contributed by atoms with van der Waals surface area (Å²) in [6.45, 7) is 4.49. The zero-order valence-corrected chi connectivity index (χ0v) is 7.58. The van der Waals surface area contributed by atoms with Gasteiger partial charge in [-0.25, -0.2) is 0 Å². The Labute approximate surface area is 69.2 Å². The Morgan fingerprint density at radius 2 is 2.18 bits per heavy atom. The Kier molecular flexibility index (Phi) is 6.51. The van der Waals surface area contributed by atoms with Gasteiger partial charge in [-0.3, -0.25) is 0 Å². The van der Waals surface area contributed by atoms with Gasteiger partial charge in [-0.1, -0.05) is 6.92 Å². The molecule has 0 aromatic carbocycles. The molecule has 0 radical (unpaired) electrons. The highest BCUT2D eigenvalue weighted by Crippen LogP contribution is 1.94. The van der Waals surface area contributed by atoms with E-state index in [1.807, 2.05) is 7.05 Å². The molecule has 3 nitrogen and oxygen atoms in total. The molecule has 0 rings (SSSR count). The van der Waals surface area contributed by atoms with E-state index in [1.165, 1.54) is 0 Å². The summed E-state index contributed by atoms with van der Waals surface area (Å²) in [6.07, 6.45) is 1.58. The molecule has 0 aromatic heterocycles. The lowest BCUT2D eigenvalue weighted by atomic mass is 10.2. The summed E-state index contributed by atoms with van der Waals surface area (Å²) in [7, 11) is 2.02. The van der Waals surface area contributed by atoms with Crippen LogP contribution in [0.4, 0.5) is 0 Å². The fraction of sp³-hybridized carbons (Fsp3) is 1.00. The first-order valence-electron chi connectivity index (χ1n) is 4.27. The number of likely N-dealkylation sites (N-methyl/N-ethyl adjacent to an activating group) is 1. The third-order valence-corrected chi connectivity index (χ3v) is 1.63. The van der Waals surface area contributed by atoms with Crippen molar-refractivity contribution in [3.63, 3.8) is 0 Å². The average molecular weight is 160 g/mol. The molecule has 0 amide bonds. The van der Waals surface area contributed by atoms with E-state index in [9.17, 15) is 5.11 Å². The van der Waals surface area contributed by atoms with Gasteiger partial charge in [-0.15, -0.1) is 0 Å². The molecule has 0 aromatic rings. The van der Waals surface area contributed by atoms with Crippen molar-refractivity contribution >= 4 is 0 Å². The zero-order valence-electron chi connectivity index (χ0n) is 7.58. The maximum atomic E-state index is 9.32. The third kappa shape index (κ3) is 6.28. The highest BCUT2D eigenvalue weighted by atomic mass is 16.3. The summed E-state index contributed by atoms with van der Waals surface area (Å²) < 4.78 is 0. The molecule has 3 heteroatoms. The van der Waals surface area contributed by atoms with Gasteiger partial charge >= 0.3 is 0 Å². The van der Waals surface area contributed by atoms with Crippen molar-refractivity contribution in [1.82, 2.24) is 4.90 Å². The van der Waals surface area contributed by atoms with Crippen LogP contribution in [0.5, 0.6) is 0 Å². The van der Waals surface area contributed by atoms with Crippen LogP contribution in [0.15, 0.2) is 0 Å². The number of rotatable bonds is 6. The Morgan fingerprint density at radius 1 is 1.55 bits per heavy atom. The summed E-state index contributed by atoms with van der Waals surface area (Å²) >= 11 is 0. The third-order valence-electron chi connectivity index (χ3n) is 1.63. The maximum absolute atomic E-state index is 9.32. The topological polar surface area (TPSA) is 49.5 Å². The van der Waals surface area contributed by atoms with Gasteiger partial charge < -0.3 is 15.7 Å². The van der Waals surface area contributed by atoms with Gasteiger partial charge in [0.05, 0.1) is 6.10 Å². The second-order valence-electron chi connectivity index (χ2n) is 2.99. The van der Waals surface area contributed by atoms with E-state index >= 15 is 0 Å². The van der Waals surface area contributed by atoms with Crippen molar-refractivity contribution in [3.05, 3.63) is 0 Å². The van der Waals surface area contributed by atoms with Crippen molar-refractivity contribution in [2.45, 2.75) is 25.9 Å². The van der Waals surface area contributed by atoms with Gasteiger partial charge in [-0.05, 0) is 33.0 Å². The van der Waals surface area contributed by atoms with Crippen LogP contribution in [0.1, 0.15) is 19.8 Å². The van der Waals surface area contributed by atoms with Crippen molar-refractivity contribution in [1.29, 1.82) is 0 Å². The fourth-order valence-electron chi connectivity index (χ4n) is 1.12. The molecule has 0 aliphatic carbocycles. The Bertz CT molecular complexity index is 78.2. The van der Waals surface area contributed by atoms with Gasteiger partial charge in [0.15, 0.2) is 0 Å². The van der Waals surface area contributed by atoms with Crippen LogP contribution in [0.3, 0.4) is 0 Å². The maximum Gasteiger partial charge on any atom is 0.0679 e. The van der Waals surface area contributed by atoms with Crippen LogP contribution >= 0.6 is 0 Å². The first-order chi connectivity index (χ1) is 5.20. The summed E-state index contributed by atoms with van der Waals surface area (Å²) in [6, 6.07) is 0. The fourth-order valence-corrected chi connectivity index (χ4v) is 1.12. The molecule has 68 valence electrons. The second kappa shape index (κ2) is 6.58. The molecule has 0 saturated carbocycles. The monoisotopic (exact) mass is 160 g/mol. The first kappa shape index (κ1) is 10.9. The standard InChI is InChI=1S/C8H20N2O/c1-3-6-10(2)7-8(11)4-5-9/h8,11H,3-7,9H2,1-2H3. The van der Waals surface area contributed by atoms with E-state index in [0.717, 1.165) is 19.5 Å². The van der Waals surface area contributed by atoms with Crippen LogP contribution < -0.4 is 5.73 Å². The number of nitrogens with zero attached hydrogens (tertiary/aromatic N) is 1. The Hall–Kier alpha value is -0.120. The molecule has 0 spiro atoms. The molecule has 1 atom stereocenters. The lowest BCUT2D eigenvalue weighted by Crippen LogP contribution is -2.31. The van der Waals surface area contributed by atoms with Crippen LogP contribution in [0.25, 0.3) is 0 Å². The van der Waals surface area contributed by atoms with Gasteiger partial charge in [0.1, 0.15) is 0 Å². The summed E-state index contributed by atoms with van der Waals surface area (Å²) in [5, 5.41) is 9.32. The number of hydrogen-bond acceptors (Lipinski definition) is 3. The highest BCUT2D eigenvalue weighted by Gasteiger charge is 2.05. The zero-order chi connectivity index (χ0) is 8.69. The lowest BCUT2D eigenvalue weighted by molar-refractivity contribution is 0.120. The van der Waals surface area contributed by atoms with Crippen LogP contribution in [0.2, 0.25) is 0 Å². The lowest BCUT2D eigenvalue weighted by Gasteiger charge is -2.18. The molecule has 0 bridgehead atoms. The quantitative estimate of drug-likeness (QED) is 0.576. The largest absolute Gasteiger partial charge is 0.392 e. The minimum Gasteiger partial charge on any atom is -0.392 e. The van der Waals surface area contributed by atoms with Crippen LogP contribution in [-0.4, -0.2) is 42.8 Å². The highest BCUT2D eigenvalue weighted by molar-refractivity contribution is 4.60. The van der Waals surface area contributed by atoms with E-state index < -0.39 is 0 Å². The van der Waals surface area contributed by atoms with E-state index in [0.29, 0.717) is 13.0 Å². The number of hydrogen-bond donors (Lipinski definition) is 2. The van der Waals surface area contributed by atoms with Gasteiger partial charge in [0.25, 0.3) is 0 Å². The number of nitrogens with two attached hydrogens (primary N) is 1. The average Bonchev–Trinajstić information content (AvgIpc) is 1.87. The number of aliphatic hydroxyl groups excluding tert-OH is 1. The van der Waals surface area contributed by atoms with E-state index in [1.54, 1.807) is 0 Å². The molecular formula is C8H20N2O. The van der Waals surface area contributed by atoms with Crippen molar-refractivity contribution in [2.75, 3.05) is 26.7 Å².